The molecule has 14 heavy (non-hydrogen) atoms. The highest BCUT2D eigenvalue weighted by Crippen LogP contribution is 2.19. The molecule has 0 fully saturated rings. The summed E-state index contributed by atoms with van der Waals surface area (Å²) in [7, 11) is 0. The molecule has 0 aromatic heterocycles. The van der Waals surface area contributed by atoms with Crippen molar-refractivity contribution in [3.63, 3.8) is 0 Å². The van der Waals surface area contributed by atoms with Crippen molar-refractivity contribution in [3.8, 4) is 5.75 Å². The lowest BCUT2D eigenvalue weighted by Crippen LogP contribution is -2.21. The lowest BCUT2D eigenvalue weighted by molar-refractivity contribution is -0.153. The molecule has 1 unspecified atom stereocenters. The summed E-state index contributed by atoms with van der Waals surface area (Å²) in [5.41, 5.74) is 0. The Balaban J connectivity index is 2.85. The molecular formula is C8H5F3O3. The van der Waals surface area contributed by atoms with Gasteiger partial charge in [0.1, 0.15) is 5.82 Å². The fourth-order valence-electron chi connectivity index (χ4n) is 0.729. The van der Waals surface area contributed by atoms with Crippen LogP contribution in [0.3, 0.4) is 0 Å². The van der Waals surface area contributed by atoms with Crippen LogP contribution in [-0.2, 0) is 4.79 Å². The zero-order valence-electron chi connectivity index (χ0n) is 6.71. The third-order valence-corrected chi connectivity index (χ3v) is 1.32. The largest absolute Gasteiger partial charge is 0.476 e. The molecule has 0 amide bonds. The van der Waals surface area contributed by atoms with E-state index in [9.17, 15) is 18.0 Å². The first-order valence-corrected chi connectivity index (χ1v) is 3.49. The van der Waals surface area contributed by atoms with Gasteiger partial charge in [-0.1, -0.05) is 0 Å². The van der Waals surface area contributed by atoms with Crippen molar-refractivity contribution in [2.75, 3.05) is 0 Å². The predicted octanol–water partition coefficient (Wildman–Crippen LogP) is 1.72. The molecule has 0 aliphatic heterocycles. The summed E-state index contributed by atoms with van der Waals surface area (Å²) >= 11 is 0. The maximum Gasteiger partial charge on any atom is 0.378 e. The number of aliphatic carboxylic acids is 1. The van der Waals surface area contributed by atoms with Crippen molar-refractivity contribution >= 4 is 5.97 Å². The van der Waals surface area contributed by atoms with Crippen molar-refractivity contribution in [1.29, 1.82) is 0 Å². The highest BCUT2D eigenvalue weighted by atomic mass is 19.1. The predicted molar refractivity (Wildman–Crippen MR) is 39.5 cm³/mol. The number of hydrogen-bond donors (Lipinski definition) is 1. The zero-order chi connectivity index (χ0) is 10.7. The smallest absolute Gasteiger partial charge is 0.378 e. The fraction of sp³-hybridized carbons (Fsp3) is 0.125. The first kappa shape index (κ1) is 10.4. The quantitative estimate of drug-likeness (QED) is 0.818. The van der Waals surface area contributed by atoms with Crippen LogP contribution in [-0.4, -0.2) is 17.4 Å². The maximum atomic E-state index is 12.7. The molecule has 1 aromatic carbocycles. The van der Waals surface area contributed by atoms with Gasteiger partial charge >= 0.3 is 12.3 Å². The molecule has 1 N–H and O–H groups in total. The van der Waals surface area contributed by atoms with E-state index in [2.05, 4.69) is 4.74 Å². The van der Waals surface area contributed by atoms with E-state index < -0.39 is 29.7 Å². The van der Waals surface area contributed by atoms with Crippen LogP contribution >= 0.6 is 0 Å². The Hall–Kier alpha value is -1.72. The van der Waals surface area contributed by atoms with E-state index in [4.69, 9.17) is 5.11 Å². The summed E-state index contributed by atoms with van der Waals surface area (Å²) in [5, 5.41) is 8.09. The first-order valence-electron chi connectivity index (χ1n) is 3.49. The zero-order valence-corrected chi connectivity index (χ0v) is 6.71. The number of halogens is 3. The summed E-state index contributed by atoms with van der Waals surface area (Å²) < 4.78 is 41.6. The van der Waals surface area contributed by atoms with Crippen molar-refractivity contribution < 1.29 is 27.8 Å². The number of ether oxygens (including phenoxy) is 1. The van der Waals surface area contributed by atoms with Crippen LogP contribution in [0.2, 0.25) is 0 Å². The van der Waals surface area contributed by atoms with Gasteiger partial charge in [-0.25, -0.2) is 13.6 Å². The van der Waals surface area contributed by atoms with Gasteiger partial charge in [0.2, 0.25) is 0 Å². The van der Waals surface area contributed by atoms with E-state index in [1.165, 1.54) is 0 Å². The van der Waals surface area contributed by atoms with Gasteiger partial charge in [-0.3, -0.25) is 0 Å². The fourth-order valence-corrected chi connectivity index (χ4v) is 0.729. The monoisotopic (exact) mass is 206 g/mol. The molecule has 0 bridgehead atoms. The van der Waals surface area contributed by atoms with Crippen LogP contribution < -0.4 is 4.74 Å². The molecule has 1 aromatic rings. The van der Waals surface area contributed by atoms with E-state index in [1.54, 1.807) is 0 Å². The Bertz CT molecular complexity index is 354. The number of carboxylic acids is 1. The van der Waals surface area contributed by atoms with E-state index in [-0.39, 0.29) is 0 Å². The molecule has 1 rings (SSSR count). The average Bonchev–Trinajstić information content (AvgIpc) is 2.11. The minimum absolute atomic E-state index is 0.560. The van der Waals surface area contributed by atoms with Crippen molar-refractivity contribution in [2.45, 2.75) is 6.36 Å². The number of carboxylic acid groups (broad SMARTS) is 1. The molecular weight excluding hydrogens is 201 g/mol. The summed E-state index contributed by atoms with van der Waals surface area (Å²) in [6, 6.07) is 2.07. The average molecular weight is 206 g/mol. The van der Waals surface area contributed by atoms with Gasteiger partial charge < -0.3 is 9.84 Å². The molecule has 0 aliphatic rings. The van der Waals surface area contributed by atoms with Gasteiger partial charge in [-0.05, 0) is 12.1 Å². The van der Waals surface area contributed by atoms with Crippen LogP contribution in [0.4, 0.5) is 13.2 Å². The van der Waals surface area contributed by atoms with Crippen LogP contribution in [0.1, 0.15) is 0 Å². The second-order valence-electron chi connectivity index (χ2n) is 2.35. The molecule has 6 heteroatoms. The van der Waals surface area contributed by atoms with Crippen LogP contribution in [0.5, 0.6) is 5.75 Å². The Morgan fingerprint density at radius 1 is 1.43 bits per heavy atom. The minimum atomic E-state index is -2.72. The number of rotatable bonds is 3. The Morgan fingerprint density at radius 2 is 2.07 bits per heavy atom. The Kier molecular flexibility index (Phi) is 2.95. The van der Waals surface area contributed by atoms with E-state index in [1.807, 2.05) is 0 Å². The summed E-state index contributed by atoms with van der Waals surface area (Å²) in [6.45, 7) is 0. The number of hydrogen-bond acceptors (Lipinski definition) is 2. The molecule has 0 aliphatic carbocycles. The molecule has 0 spiro atoms. The molecule has 0 radical (unpaired) electrons. The second kappa shape index (κ2) is 3.99. The van der Waals surface area contributed by atoms with Gasteiger partial charge in [-0.2, -0.15) is 4.39 Å². The summed E-state index contributed by atoms with van der Waals surface area (Å²) in [4.78, 5) is 9.98. The van der Waals surface area contributed by atoms with Gasteiger partial charge in [0, 0.05) is 6.07 Å². The Morgan fingerprint density at radius 3 is 2.64 bits per heavy atom. The third kappa shape index (κ3) is 2.38. The molecule has 1 atom stereocenters. The number of alkyl halides is 1. The van der Waals surface area contributed by atoms with E-state index in [0.29, 0.717) is 12.1 Å². The van der Waals surface area contributed by atoms with Crippen molar-refractivity contribution in [3.05, 3.63) is 29.8 Å². The Labute approximate surface area is 76.7 Å². The molecule has 0 heterocycles. The normalized spacial score (nSPS) is 12.2. The maximum absolute atomic E-state index is 12.7. The summed E-state index contributed by atoms with van der Waals surface area (Å²) in [5.74, 6) is -4.57. The van der Waals surface area contributed by atoms with Crippen LogP contribution in [0.15, 0.2) is 18.2 Å². The van der Waals surface area contributed by atoms with E-state index in [0.717, 1.165) is 6.07 Å². The van der Waals surface area contributed by atoms with E-state index >= 15 is 0 Å². The SMILES string of the molecule is O=C(O)C(F)Oc1cc(F)ccc1F. The third-order valence-electron chi connectivity index (χ3n) is 1.32. The highest BCUT2D eigenvalue weighted by Gasteiger charge is 2.19. The highest BCUT2D eigenvalue weighted by molar-refractivity contribution is 5.70. The number of carbonyl (C=O) groups is 1. The molecule has 0 saturated carbocycles. The molecule has 76 valence electrons. The second-order valence-corrected chi connectivity index (χ2v) is 2.35. The van der Waals surface area contributed by atoms with Gasteiger partial charge in [0.15, 0.2) is 11.6 Å². The van der Waals surface area contributed by atoms with Crippen molar-refractivity contribution in [2.24, 2.45) is 0 Å². The lowest BCUT2D eigenvalue weighted by Gasteiger charge is -2.07. The van der Waals surface area contributed by atoms with Gasteiger partial charge in [0.25, 0.3) is 0 Å². The standard InChI is InChI=1S/C8H5F3O3/c9-4-1-2-5(10)6(3-4)14-7(11)8(12)13/h1-3,7H,(H,12,13). The molecule has 0 saturated heterocycles. The lowest BCUT2D eigenvalue weighted by atomic mass is 10.3. The minimum Gasteiger partial charge on any atom is -0.476 e. The van der Waals surface area contributed by atoms with Crippen LogP contribution in [0, 0.1) is 11.6 Å². The topological polar surface area (TPSA) is 46.5 Å². The number of benzene rings is 1. The van der Waals surface area contributed by atoms with Crippen molar-refractivity contribution in [1.82, 2.24) is 0 Å². The van der Waals surface area contributed by atoms with Gasteiger partial charge in [0.05, 0.1) is 0 Å². The first-order chi connectivity index (χ1) is 6.50. The van der Waals surface area contributed by atoms with Crippen LogP contribution in [0.25, 0.3) is 0 Å². The molecule has 3 nitrogen and oxygen atoms in total. The van der Waals surface area contributed by atoms with Gasteiger partial charge in [-0.15, -0.1) is 0 Å². The summed E-state index contributed by atoms with van der Waals surface area (Å²) in [6.07, 6.45) is -2.72.